The topological polar surface area (TPSA) is 61.2 Å². The van der Waals surface area contributed by atoms with Crippen molar-refractivity contribution in [2.24, 2.45) is 17.8 Å². The van der Waals surface area contributed by atoms with Gasteiger partial charge in [-0.1, -0.05) is 0 Å². The van der Waals surface area contributed by atoms with Crippen molar-refractivity contribution in [1.82, 2.24) is 0 Å². The number of hydrogen-bond acceptors (Lipinski definition) is 3. The van der Waals surface area contributed by atoms with Crippen LogP contribution >= 0.6 is 0 Å². The van der Waals surface area contributed by atoms with E-state index in [4.69, 9.17) is 5.26 Å². The molecule has 0 N–H and O–H groups in total. The third kappa shape index (κ3) is 2.02. The third-order valence-corrected chi connectivity index (χ3v) is 8.96. The third-order valence-electron chi connectivity index (χ3n) is 6.27. The van der Waals surface area contributed by atoms with Crippen LogP contribution in [-0.2, 0) is 16.2 Å². The molecule has 2 bridgehead atoms. The van der Waals surface area contributed by atoms with Gasteiger partial charge in [0.05, 0.1) is 27.6 Å². The first-order valence-corrected chi connectivity index (χ1v) is 9.51. The number of rotatable bonds is 1. The maximum atomic E-state index is 13.2. The Labute approximate surface area is 144 Å². The highest BCUT2D eigenvalue weighted by Gasteiger charge is 2.68. The molecule has 4 rings (SSSR count). The van der Waals surface area contributed by atoms with E-state index in [0.717, 1.165) is 29.3 Å². The Morgan fingerprint density at radius 3 is 2.68 bits per heavy atom. The summed E-state index contributed by atoms with van der Waals surface area (Å²) in [5.74, 6) is 0.134. The lowest BCUT2D eigenvalue weighted by molar-refractivity contribution is -0.137. The van der Waals surface area contributed by atoms with Crippen molar-refractivity contribution in [1.29, 1.82) is 5.26 Å². The molecule has 0 aromatic heterocycles. The molecule has 133 valence electrons. The second kappa shape index (κ2) is 4.91. The molecule has 2 saturated carbocycles. The van der Waals surface area contributed by atoms with Gasteiger partial charge < -0.3 is 0 Å². The fraction of sp³-hybridized carbons (Fsp3) is 0.529. The van der Waals surface area contributed by atoms with Crippen LogP contribution in [-0.4, -0.2) is 19.7 Å². The Balaban J connectivity index is 1.81. The normalized spacial score (nSPS) is 35.6. The molecule has 25 heavy (non-hydrogen) atoms. The second-order valence-corrected chi connectivity index (χ2v) is 9.50. The summed E-state index contributed by atoms with van der Waals surface area (Å²) in [6, 6.07) is 4.64. The van der Waals surface area contributed by atoms with Gasteiger partial charge in [-0.05, 0) is 56.2 Å². The molecule has 1 heterocycles. The summed E-state index contributed by atoms with van der Waals surface area (Å²) in [5, 5.41) is 8.90. The Morgan fingerprint density at radius 2 is 2.08 bits per heavy atom. The summed E-state index contributed by atoms with van der Waals surface area (Å²) in [4.78, 5) is 0. The number of sulfonamides is 1. The van der Waals surface area contributed by atoms with Crippen molar-refractivity contribution in [2.45, 2.75) is 30.7 Å². The Kier molecular flexibility index (Phi) is 3.28. The van der Waals surface area contributed by atoms with Crippen LogP contribution in [0.3, 0.4) is 0 Å². The molecular weight excluding hydrogens is 353 g/mol. The smallest absolute Gasteiger partial charge is 0.269 e. The lowest BCUT2D eigenvalue weighted by Crippen LogP contribution is -2.44. The predicted octanol–water partition coefficient (Wildman–Crippen LogP) is 3.35. The first kappa shape index (κ1) is 16.7. The van der Waals surface area contributed by atoms with E-state index in [-0.39, 0.29) is 30.0 Å². The average molecular weight is 369 g/mol. The van der Waals surface area contributed by atoms with Crippen molar-refractivity contribution in [3.63, 3.8) is 0 Å². The minimum Gasteiger partial charge on any atom is -0.269 e. The molecule has 2 aliphatic carbocycles. The van der Waals surface area contributed by atoms with Crippen molar-refractivity contribution in [3.05, 3.63) is 35.7 Å². The molecule has 0 spiro atoms. The zero-order chi connectivity index (χ0) is 18.2. The fourth-order valence-corrected chi connectivity index (χ4v) is 7.35. The van der Waals surface area contributed by atoms with Gasteiger partial charge in [-0.2, -0.15) is 18.4 Å². The number of benzene rings is 1. The van der Waals surface area contributed by atoms with Crippen LogP contribution in [0, 0.1) is 35.5 Å². The Bertz CT molecular complexity index is 890. The summed E-state index contributed by atoms with van der Waals surface area (Å²) in [7, 11) is -3.77. The van der Waals surface area contributed by atoms with Gasteiger partial charge in [0.25, 0.3) is 0 Å². The van der Waals surface area contributed by atoms with Gasteiger partial charge in [0.1, 0.15) is 0 Å². The van der Waals surface area contributed by atoms with Crippen molar-refractivity contribution in [3.8, 4) is 6.07 Å². The van der Waals surface area contributed by atoms with Gasteiger partial charge in [-0.15, -0.1) is 0 Å². The zero-order valence-corrected chi connectivity index (χ0v) is 14.2. The molecule has 4 nitrogen and oxygen atoms in total. The van der Waals surface area contributed by atoms with Gasteiger partial charge >= 0.3 is 6.18 Å². The molecule has 1 aromatic carbocycles. The van der Waals surface area contributed by atoms with Crippen LogP contribution in [0.5, 0.6) is 0 Å². The van der Waals surface area contributed by atoms with Crippen LogP contribution in [0.4, 0.5) is 18.9 Å². The van der Waals surface area contributed by atoms with Crippen LogP contribution in [0.25, 0.3) is 0 Å². The summed E-state index contributed by atoms with van der Waals surface area (Å²) in [6.07, 6.45) is -0.978. The van der Waals surface area contributed by atoms with Crippen molar-refractivity contribution < 1.29 is 21.6 Å². The standard InChI is InChI=1S/C17H16F3N2O2S/c1-16-12-4-2-10(6-12)15(16)9-22(25(16,23)24)13-5-3-11(8-21)14(7-13)17(18,19)20/h2-3,5,7,10,12,15H,4,6,9H2,1H3/t10-,12-,15-,16+/m0/s1. The van der Waals surface area contributed by atoms with Gasteiger partial charge in [-0.25, -0.2) is 8.42 Å². The summed E-state index contributed by atoms with van der Waals surface area (Å²) in [6.45, 7) is 1.93. The Hall–Kier alpha value is -1.75. The molecule has 3 fully saturated rings. The summed E-state index contributed by atoms with van der Waals surface area (Å²) in [5.41, 5.74) is -1.62. The van der Waals surface area contributed by atoms with E-state index in [9.17, 15) is 21.6 Å². The molecule has 0 amide bonds. The minimum atomic E-state index is -4.71. The number of nitrogens with zero attached hydrogens (tertiary/aromatic N) is 2. The van der Waals surface area contributed by atoms with Gasteiger partial charge in [0.2, 0.25) is 10.0 Å². The monoisotopic (exact) mass is 369 g/mol. The first-order chi connectivity index (χ1) is 11.6. The highest BCUT2D eigenvalue weighted by atomic mass is 32.2. The maximum absolute atomic E-state index is 13.2. The van der Waals surface area contributed by atoms with E-state index < -0.39 is 32.1 Å². The van der Waals surface area contributed by atoms with E-state index in [1.807, 2.05) is 0 Å². The lowest BCUT2D eigenvalue weighted by Gasteiger charge is -2.33. The van der Waals surface area contributed by atoms with E-state index >= 15 is 0 Å². The van der Waals surface area contributed by atoms with Crippen LogP contribution in [0.2, 0.25) is 0 Å². The van der Waals surface area contributed by atoms with Gasteiger partial charge in [-0.3, -0.25) is 4.31 Å². The predicted molar refractivity (Wildman–Crippen MR) is 84.8 cm³/mol. The number of halogens is 3. The van der Waals surface area contributed by atoms with Crippen LogP contribution in [0.1, 0.15) is 30.9 Å². The van der Waals surface area contributed by atoms with E-state index in [1.165, 1.54) is 12.1 Å². The summed E-state index contributed by atoms with van der Waals surface area (Å²) < 4.78 is 66.2. The molecule has 8 heteroatoms. The maximum Gasteiger partial charge on any atom is 0.417 e. The molecule has 4 atom stereocenters. The molecular formula is C17H16F3N2O2S. The number of alkyl halides is 3. The molecule has 1 radical (unpaired) electrons. The Morgan fingerprint density at radius 1 is 1.36 bits per heavy atom. The SMILES string of the molecule is C[C@@]12[C@H]3C[CH][C@@H](C3)[C@@H]1CN(c1ccc(C#N)c(C(F)(F)F)c1)S2(=O)=O. The van der Waals surface area contributed by atoms with Gasteiger partial charge in [0, 0.05) is 12.5 Å². The quantitative estimate of drug-likeness (QED) is 0.763. The number of anilines is 1. The van der Waals surface area contributed by atoms with Crippen molar-refractivity contribution >= 4 is 15.7 Å². The molecule has 1 aromatic rings. The fourth-order valence-electron chi connectivity index (χ4n) is 4.88. The highest BCUT2D eigenvalue weighted by molar-refractivity contribution is 7.94. The first-order valence-electron chi connectivity index (χ1n) is 8.07. The largest absolute Gasteiger partial charge is 0.417 e. The number of fused-ring (bicyclic) bond motifs is 5. The van der Waals surface area contributed by atoms with E-state index in [2.05, 4.69) is 6.42 Å². The minimum absolute atomic E-state index is 0.0126. The number of hydrogen-bond donors (Lipinski definition) is 0. The lowest BCUT2D eigenvalue weighted by atomic mass is 9.79. The average Bonchev–Trinajstić information content (AvgIpc) is 3.17. The van der Waals surface area contributed by atoms with Crippen LogP contribution in [0.15, 0.2) is 18.2 Å². The van der Waals surface area contributed by atoms with E-state index in [1.54, 1.807) is 6.92 Å². The zero-order valence-electron chi connectivity index (χ0n) is 13.4. The molecule has 0 unspecified atom stereocenters. The summed E-state index contributed by atoms with van der Waals surface area (Å²) >= 11 is 0. The number of nitriles is 1. The molecule has 1 aliphatic heterocycles. The van der Waals surface area contributed by atoms with Crippen molar-refractivity contribution in [2.75, 3.05) is 10.8 Å². The highest BCUT2D eigenvalue weighted by Crippen LogP contribution is 2.61. The van der Waals surface area contributed by atoms with Gasteiger partial charge in [0.15, 0.2) is 0 Å². The molecule has 1 saturated heterocycles. The van der Waals surface area contributed by atoms with E-state index in [0.29, 0.717) is 0 Å². The van der Waals surface area contributed by atoms with Crippen LogP contribution < -0.4 is 4.31 Å². The second-order valence-electron chi connectivity index (χ2n) is 7.23. The molecule has 3 aliphatic rings.